The van der Waals surface area contributed by atoms with Gasteiger partial charge in [-0.25, -0.2) is 9.97 Å². The van der Waals surface area contributed by atoms with Gasteiger partial charge in [0.1, 0.15) is 6.33 Å². The molecule has 0 atom stereocenters. The number of aromatic nitrogens is 2. The predicted octanol–water partition coefficient (Wildman–Crippen LogP) is 0.669. The SMILES string of the molecule is CCN1CCN(c2ncnc(NC)c2OC)CC1. The Morgan fingerprint density at radius 2 is 2.00 bits per heavy atom. The molecule has 1 N–H and O–H groups in total. The minimum absolute atomic E-state index is 0.727. The molecule has 0 spiro atoms. The number of hydrogen-bond acceptors (Lipinski definition) is 6. The maximum absolute atomic E-state index is 5.43. The van der Waals surface area contributed by atoms with E-state index in [1.165, 1.54) is 0 Å². The van der Waals surface area contributed by atoms with Crippen LogP contribution >= 0.6 is 0 Å². The minimum Gasteiger partial charge on any atom is -0.490 e. The van der Waals surface area contributed by atoms with E-state index in [1.54, 1.807) is 13.4 Å². The third kappa shape index (κ3) is 2.48. The smallest absolute Gasteiger partial charge is 0.204 e. The van der Waals surface area contributed by atoms with Crippen molar-refractivity contribution in [2.45, 2.75) is 6.92 Å². The normalized spacial score (nSPS) is 16.7. The van der Waals surface area contributed by atoms with Crippen LogP contribution < -0.4 is 15.0 Å². The standard InChI is InChI=1S/C12H21N5O/c1-4-16-5-7-17(8-6-16)12-10(18-3)11(13-2)14-9-15-12/h9H,4-8H2,1-3H3,(H,13,14,15). The Balaban J connectivity index is 2.18. The van der Waals surface area contributed by atoms with Gasteiger partial charge in [-0.2, -0.15) is 0 Å². The maximum Gasteiger partial charge on any atom is 0.204 e. The van der Waals surface area contributed by atoms with Gasteiger partial charge >= 0.3 is 0 Å². The van der Waals surface area contributed by atoms with Crippen molar-refractivity contribution in [1.29, 1.82) is 0 Å². The van der Waals surface area contributed by atoms with Gasteiger partial charge in [-0.05, 0) is 6.54 Å². The molecule has 6 heteroatoms. The Kier molecular flexibility index (Phi) is 4.19. The molecule has 1 aliphatic rings. The lowest BCUT2D eigenvalue weighted by atomic mass is 10.3. The van der Waals surface area contributed by atoms with Gasteiger partial charge in [-0.1, -0.05) is 6.92 Å². The minimum atomic E-state index is 0.727. The summed E-state index contributed by atoms with van der Waals surface area (Å²) in [6.45, 7) is 7.39. The number of rotatable bonds is 4. The summed E-state index contributed by atoms with van der Waals surface area (Å²) in [6.07, 6.45) is 1.58. The lowest BCUT2D eigenvalue weighted by molar-refractivity contribution is 0.269. The molecule has 2 rings (SSSR count). The second-order valence-electron chi connectivity index (χ2n) is 4.25. The monoisotopic (exact) mass is 251 g/mol. The van der Waals surface area contributed by atoms with Crippen molar-refractivity contribution in [1.82, 2.24) is 14.9 Å². The number of piperazine rings is 1. The highest BCUT2D eigenvalue weighted by Gasteiger charge is 2.21. The number of hydrogen-bond donors (Lipinski definition) is 1. The van der Waals surface area contributed by atoms with Crippen molar-refractivity contribution in [2.24, 2.45) is 0 Å². The number of ether oxygens (including phenoxy) is 1. The molecule has 2 heterocycles. The zero-order chi connectivity index (χ0) is 13.0. The molecule has 1 aliphatic heterocycles. The molecular weight excluding hydrogens is 230 g/mol. The molecule has 1 aromatic heterocycles. The van der Waals surface area contributed by atoms with Crippen molar-refractivity contribution >= 4 is 11.6 Å². The van der Waals surface area contributed by atoms with E-state index in [0.29, 0.717) is 0 Å². The van der Waals surface area contributed by atoms with E-state index in [-0.39, 0.29) is 0 Å². The fourth-order valence-corrected chi connectivity index (χ4v) is 2.23. The fraction of sp³-hybridized carbons (Fsp3) is 0.667. The number of anilines is 2. The summed E-state index contributed by atoms with van der Waals surface area (Å²) in [5.74, 6) is 2.35. The van der Waals surface area contributed by atoms with E-state index < -0.39 is 0 Å². The average molecular weight is 251 g/mol. The molecular formula is C12H21N5O. The van der Waals surface area contributed by atoms with E-state index in [4.69, 9.17) is 4.74 Å². The molecule has 100 valence electrons. The summed E-state index contributed by atoms with van der Waals surface area (Å²) < 4.78 is 5.43. The van der Waals surface area contributed by atoms with Crippen molar-refractivity contribution < 1.29 is 4.74 Å². The van der Waals surface area contributed by atoms with Crippen molar-refractivity contribution in [3.63, 3.8) is 0 Å². The molecule has 1 saturated heterocycles. The Labute approximate surface area is 108 Å². The van der Waals surface area contributed by atoms with Crippen LogP contribution in [0.1, 0.15) is 6.92 Å². The lowest BCUT2D eigenvalue weighted by Crippen LogP contribution is -2.46. The molecule has 1 aromatic rings. The zero-order valence-electron chi connectivity index (χ0n) is 11.3. The number of methoxy groups -OCH3 is 1. The van der Waals surface area contributed by atoms with E-state index in [2.05, 4.69) is 32.0 Å². The predicted molar refractivity (Wildman–Crippen MR) is 72.5 cm³/mol. The second kappa shape index (κ2) is 5.86. The summed E-state index contributed by atoms with van der Waals surface area (Å²) >= 11 is 0. The third-order valence-electron chi connectivity index (χ3n) is 3.34. The Bertz CT molecular complexity index is 390. The molecule has 0 amide bonds. The van der Waals surface area contributed by atoms with Gasteiger partial charge in [0.15, 0.2) is 11.6 Å². The van der Waals surface area contributed by atoms with Gasteiger partial charge in [0, 0.05) is 33.2 Å². The van der Waals surface area contributed by atoms with Crippen LogP contribution in [-0.4, -0.2) is 61.7 Å². The molecule has 18 heavy (non-hydrogen) atoms. The van der Waals surface area contributed by atoms with Gasteiger partial charge in [0.2, 0.25) is 5.75 Å². The first-order chi connectivity index (χ1) is 8.80. The molecule has 0 unspecified atom stereocenters. The van der Waals surface area contributed by atoms with E-state index in [1.807, 2.05) is 7.05 Å². The summed E-state index contributed by atoms with van der Waals surface area (Å²) in [4.78, 5) is 13.2. The van der Waals surface area contributed by atoms with Crippen LogP contribution in [0.25, 0.3) is 0 Å². The molecule has 0 radical (unpaired) electrons. The first kappa shape index (κ1) is 12.9. The van der Waals surface area contributed by atoms with Crippen LogP contribution in [0.2, 0.25) is 0 Å². The fourth-order valence-electron chi connectivity index (χ4n) is 2.23. The highest BCUT2D eigenvalue weighted by molar-refractivity contribution is 5.64. The Morgan fingerprint density at radius 1 is 1.28 bits per heavy atom. The van der Waals surface area contributed by atoms with Gasteiger partial charge in [-0.15, -0.1) is 0 Å². The highest BCUT2D eigenvalue weighted by Crippen LogP contribution is 2.31. The molecule has 1 fully saturated rings. The summed E-state index contributed by atoms with van der Waals surface area (Å²) in [5.41, 5.74) is 0. The van der Waals surface area contributed by atoms with Crippen molar-refractivity contribution in [3.8, 4) is 5.75 Å². The van der Waals surface area contributed by atoms with Gasteiger partial charge in [-0.3, -0.25) is 0 Å². The van der Waals surface area contributed by atoms with E-state index in [9.17, 15) is 0 Å². The quantitative estimate of drug-likeness (QED) is 0.849. The van der Waals surface area contributed by atoms with E-state index in [0.717, 1.165) is 50.1 Å². The van der Waals surface area contributed by atoms with Gasteiger partial charge in [0.25, 0.3) is 0 Å². The third-order valence-corrected chi connectivity index (χ3v) is 3.34. The summed E-state index contributed by atoms with van der Waals surface area (Å²) in [7, 11) is 3.50. The first-order valence-electron chi connectivity index (χ1n) is 6.34. The zero-order valence-corrected chi connectivity index (χ0v) is 11.3. The maximum atomic E-state index is 5.43. The first-order valence-corrected chi connectivity index (χ1v) is 6.34. The van der Waals surface area contributed by atoms with Crippen LogP contribution in [0, 0.1) is 0 Å². The lowest BCUT2D eigenvalue weighted by Gasteiger charge is -2.35. The second-order valence-corrected chi connectivity index (χ2v) is 4.25. The van der Waals surface area contributed by atoms with Crippen LogP contribution in [0.15, 0.2) is 6.33 Å². The van der Waals surface area contributed by atoms with Gasteiger partial charge in [0.05, 0.1) is 7.11 Å². The largest absolute Gasteiger partial charge is 0.490 e. The molecule has 0 aliphatic carbocycles. The topological polar surface area (TPSA) is 53.5 Å². The van der Waals surface area contributed by atoms with Crippen LogP contribution in [-0.2, 0) is 0 Å². The number of nitrogens with zero attached hydrogens (tertiary/aromatic N) is 4. The number of likely N-dealkylation sites (N-methyl/N-ethyl adjacent to an activating group) is 1. The highest BCUT2D eigenvalue weighted by atomic mass is 16.5. The molecule has 6 nitrogen and oxygen atoms in total. The summed E-state index contributed by atoms with van der Waals surface area (Å²) in [6, 6.07) is 0. The molecule has 0 bridgehead atoms. The average Bonchev–Trinajstić information content (AvgIpc) is 2.46. The molecule has 0 aromatic carbocycles. The van der Waals surface area contributed by atoms with Crippen LogP contribution in [0.5, 0.6) is 5.75 Å². The van der Waals surface area contributed by atoms with Crippen molar-refractivity contribution in [3.05, 3.63) is 6.33 Å². The van der Waals surface area contributed by atoms with E-state index >= 15 is 0 Å². The number of nitrogens with one attached hydrogen (secondary N) is 1. The Hall–Kier alpha value is -1.56. The van der Waals surface area contributed by atoms with Crippen molar-refractivity contribution in [2.75, 3.05) is 57.1 Å². The van der Waals surface area contributed by atoms with Crippen LogP contribution in [0.3, 0.4) is 0 Å². The van der Waals surface area contributed by atoms with Gasteiger partial charge < -0.3 is 19.9 Å². The summed E-state index contributed by atoms with van der Waals surface area (Å²) in [5, 5.41) is 3.03. The molecule has 0 saturated carbocycles. The Morgan fingerprint density at radius 3 is 2.56 bits per heavy atom. The van der Waals surface area contributed by atoms with Crippen LogP contribution in [0.4, 0.5) is 11.6 Å².